The first-order chi connectivity index (χ1) is 11.8. The number of anilines is 2. The second-order valence-electron chi connectivity index (χ2n) is 5.82. The first-order valence-electron chi connectivity index (χ1n) is 8.06. The minimum absolute atomic E-state index is 0.343. The smallest absolute Gasteiger partial charge is 0.360 e. The highest BCUT2D eigenvalue weighted by molar-refractivity contribution is 5.99. The third kappa shape index (κ3) is 4.33. The van der Waals surface area contributed by atoms with Crippen LogP contribution in [0.25, 0.3) is 0 Å². The van der Waals surface area contributed by atoms with Gasteiger partial charge in [-0.05, 0) is 56.2 Å². The largest absolute Gasteiger partial charge is 0.365 e. The van der Waals surface area contributed by atoms with Crippen molar-refractivity contribution in [2.75, 3.05) is 18.7 Å². The molecule has 0 bridgehead atoms. The predicted octanol–water partition coefficient (Wildman–Crippen LogP) is 4.87. The molecule has 0 aromatic heterocycles. The molecular formula is C19H23F2N3O. The van der Waals surface area contributed by atoms with Crippen LogP contribution in [0.4, 0.5) is 20.2 Å². The summed E-state index contributed by atoms with van der Waals surface area (Å²) in [5.41, 5.74) is 3.26. The van der Waals surface area contributed by atoms with Crippen LogP contribution in [0.1, 0.15) is 23.6 Å². The van der Waals surface area contributed by atoms with Gasteiger partial charge in [0, 0.05) is 19.2 Å². The molecule has 0 spiro atoms. The van der Waals surface area contributed by atoms with Crippen LogP contribution in [-0.2, 0) is 4.84 Å². The molecule has 0 aliphatic heterocycles. The number of alkyl halides is 2. The van der Waals surface area contributed by atoms with Crippen molar-refractivity contribution >= 4 is 17.2 Å². The van der Waals surface area contributed by atoms with Gasteiger partial charge >= 0.3 is 6.61 Å². The Morgan fingerprint density at radius 2 is 1.80 bits per heavy atom. The zero-order valence-electron chi connectivity index (χ0n) is 14.9. The van der Waals surface area contributed by atoms with Crippen molar-refractivity contribution in [3.05, 3.63) is 59.2 Å². The molecule has 6 heteroatoms. The number of nitrogens with one attached hydrogen (secondary N) is 1. The van der Waals surface area contributed by atoms with Gasteiger partial charge < -0.3 is 4.90 Å². The first-order valence-corrected chi connectivity index (χ1v) is 8.06. The van der Waals surface area contributed by atoms with E-state index >= 15 is 0 Å². The number of hydrogen-bond donors (Lipinski definition) is 1. The molecule has 2 aromatic carbocycles. The van der Waals surface area contributed by atoms with Crippen molar-refractivity contribution in [2.24, 2.45) is 0 Å². The minimum Gasteiger partial charge on any atom is -0.360 e. The number of halogens is 2. The highest BCUT2D eigenvalue weighted by atomic mass is 19.3. The van der Waals surface area contributed by atoms with Crippen LogP contribution >= 0.6 is 0 Å². The number of hydrogen-bond acceptors (Lipinski definition) is 3. The molecule has 1 N–H and O–H groups in total. The lowest BCUT2D eigenvalue weighted by atomic mass is 10.0. The maximum absolute atomic E-state index is 13.0. The molecule has 0 radical (unpaired) electrons. The summed E-state index contributed by atoms with van der Waals surface area (Å²) in [5, 5.41) is 9.51. The summed E-state index contributed by atoms with van der Waals surface area (Å²) in [5.74, 6) is 0.343. The van der Waals surface area contributed by atoms with Crippen LogP contribution in [0.3, 0.4) is 0 Å². The standard InChI is InChI=1S/C19H23F2N3O/c1-5-23(4)18(22)16-11-13(2)12-17(14(16)3)24(25-19(20)21)15-9-7-6-8-10-15/h6-12,19,22H,5H2,1-4H3. The van der Waals surface area contributed by atoms with Crippen molar-refractivity contribution in [3.63, 3.8) is 0 Å². The molecule has 134 valence electrons. The second kappa shape index (κ2) is 8.07. The van der Waals surface area contributed by atoms with Gasteiger partial charge in [0.05, 0.1) is 11.4 Å². The number of aryl methyl sites for hydroxylation is 1. The van der Waals surface area contributed by atoms with Crippen LogP contribution in [0.15, 0.2) is 42.5 Å². The number of rotatable bonds is 6. The normalized spacial score (nSPS) is 10.8. The van der Waals surface area contributed by atoms with E-state index in [1.807, 2.05) is 40.0 Å². The average molecular weight is 347 g/mol. The Labute approximate surface area is 147 Å². The van der Waals surface area contributed by atoms with Crippen LogP contribution in [0.5, 0.6) is 0 Å². The van der Waals surface area contributed by atoms with Crippen molar-refractivity contribution in [1.82, 2.24) is 4.90 Å². The van der Waals surface area contributed by atoms with Gasteiger partial charge in [0.1, 0.15) is 5.84 Å². The minimum atomic E-state index is -2.96. The number of nitrogens with zero attached hydrogens (tertiary/aromatic N) is 2. The average Bonchev–Trinajstić information content (AvgIpc) is 2.60. The Hall–Kier alpha value is -2.47. The molecule has 25 heavy (non-hydrogen) atoms. The Morgan fingerprint density at radius 1 is 1.16 bits per heavy atom. The summed E-state index contributed by atoms with van der Waals surface area (Å²) in [6.45, 7) is 3.36. The second-order valence-corrected chi connectivity index (χ2v) is 5.82. The van der Waals surface area contributed by atoms with Crippen LogP contribution in [0.2, 0.25) is 0 Å². The zero-order valence-corrected chi connectivity index (χ0v) is 14.9. The van der Waals surface area contributed by atoms with E-state index in [1.165, 1.54) is 0 Å². The SMILES string of the molecule is CCN(C)C(=N)c1cc(C)cc(N(OC(F)F)c2ccccc2)c1C. The Morgan fingerprint density at radius 3 is 2.36 bits per heavy atom. The van der Waals surface area contributed by atoms with E-state index in [1.54, 1.807) is 35.2 Å². The molecule has 0 unspecified atom stereocenters. The van der Waals surface area contributed by atoms with E-state index in [-0.39, 0.29) is 0 Å². The summed E-state index contributed by atoms with van der Waals surface area (Å²) in [6, 6.07) is 12.4. The molecule has 0 aliphatic rings. The fourth-order valence-corrected chi connectivity index (χ4v) is 2.56. The molecule has 4 nitrogen and oxygen atoms in total. The fourth-order valence-electron chi connectivity index (χ4n) is 2.56. The first kappa shape index (κ1) is 18.9. The van der Waals surface area contributed by atoms with Gasteiger partial charge in [-0.1, -0.05) is 18.2 Å². The van der Waals surface area contributed by atoms with Gasteiger partial charge in [0.25, 0.3) is 0 Å². The Bertz CT molecular complexity index is 735. The highest BCUT2D eigenvalue weighted by Gasteiger charge is 2.21. The quantitative estimate of drug-likeness (QED) is 0.460. The number of amidine groups is 1. The fraction of sp³-hybridized carbons (Fsp3) is 0.316. The van der Waals surface area contributed by atoms with Crippen LogP contribution < -0.4 is 5.06 Å². The van der Waals surface area contributed by atoms with Gasteiger partial charge in [0.15, 0.2) is 0 Å². The lowest BCUT2D eigenvalue weighted by Crippen LogP contribution is -2.28. The predicted molar refractivity (Wildman–Crippen MR) is 96.7 cm³/mol. The summed E-state index contributed by atoms with van der Waals surface area (Å²) in [7, 11) is 1.83. The topological polar surface area (TPSA) is 39.6 Å². The van der Waals surface area contributed by atoms with Crippen LogP contribution in [0, 0.1) is 19.3 Å². The number of para-hydroxylation sites is 1. The van der Waals surface area contributed by atoms with Gasteiger partial charge in [-0.2, -0.15) is 13.6 Å². The van der Waals surface area contributed by atoms with E-state index in [2.05, 4.69) is 0 Å². The third-order valence-corrected chi connectivity index (χ3v) is 4.03. The maximum Gasteiger partial charge on any atom is 0.365 e. The Balaban J connectivity index is 2.58. The van der Waals surface area contributed by atoms with Crippen molar-refractivity contribution in [2.45, 2.75) is 27.4 Å². The summed E-state index contributed by atoms with van der Waals surface area (Å²) >= 11 is 0. The molecule has 0 saturated carbocycles. The van der Waals surface area contributed by atoms with E-state index in [4.69, 9.17) is 10.2 Å². The van der Waals surface area contributed by atoms with Crippen LogP contribution in [-0.4, -0.2) is 30.9 Å². The summed E-state index contributed by atoms with van der Waals surface area (Å²) in [4.78, 5) is 6.59. The Kier molecular flexibility index (Phi) is 6.09. The molecule has 0 heterocycles. The van der Waals surface area contributed by atoms with E-state index in [0.717, 1.165) is 10.6 Å². The lowest BCUT2D eigenvalue weighted by Gasteiger charge is -2.27. The summed E-state index contributed by atoms with van der Waals surface area (Å²) < 4.78 is 26.0. The monoisotopic (exact) mass is 347 g/mol. The molecule has 0 atom stereocenters. The van der Waals surface area contributed by atoms with E-state index < -0.39 is 6.61 Å². The summed E-state index contributed by atoms with van der Waals surface area (Å²) in [6.07, 6.45) is 0. The van der Waals surface area contributed by atoms with Gasteiger partial charge in [-0.25, -0.2) is 5.06 Å². The molecule has 0 saturated heterocycles. The molecule has 0 fully saturated rings. The lowest BCUT2D eigenvalue weighted by molar-refractivity contribution is -0.129. The van der Waals surface area contributed by atoms with Crippen molar-refractivity contribution in [1.29, 1.82) is 5.41 Å². The number of benzene rings is 2. The van der Waals surface area contributed by atoms with E-state index in [9.17, 15) is 8.78 Å². The highest BCUT2D eigenvalue weighted by Crippen LogP contribution is 2.33. The molecule has 2 rings (SSSR count). The zero-order chi connectivity index (χ0) is 18.6. The third-order valence-electron chi connectivity index (χ3n) is 4.03. The molecule has 0 amide bonds. The van der Waals surface area contributed by atoms with Crippen molar-refractivity contribution in [3.8, 4) is 0 Å². The van der Waals surface area contributed by atoms with Gasteiger partial charge in [0.2, 0.25) is 0 Å². The molecule has 0 aliphatic carbocycles. The molecular weight excluding hydrogens is 324 g/mol. The van der Waals surface area contributed by atoms with Gasteiger partial charge in [-0.15, -0.1) is 0 Å². The molecule has 2 aromatic rings. The van der Waals surface area contributed by atoms with Gasteiger partial charge in [-0.3, -0.25) is 5.41 Å². The van der Waals surface area contributed by atoms with E-state index in [0.29, 0.717) is 34.9 Å². The maximum atomic E-state index is 13.0. The van der Waals surface area contributed by atoms with Crippen molar-refractivity contribution < 1.29 is 13.6 Å².